The molecular weight excluding hydrogens is 180 g/mol. The van der Waals surface area contributed by atoms with E-state index in [1.54, 1.807) is 5.19 Å². The standard InChI is InChI=1S/C8H16Si3/c1-2-10-11(9)8-6-4-3-5-7-8/h3-7,11H,2,10H2,1,9H3. The minimum absolute atomic E-state index is 0.283. The summed E-state index contributed by atoms with van der Waals surface area (Å²) >= 11 is 0. The maximum absolute atomic E-state index is 2.35. The first-order chi connectivity index (χ1) is 5.34. The average molecular weight is 196 g/mol. The molecule has 0 saturated heterocycles. The van der Waals surface area contributed by atoms with Gasteiger partial charge in [0.1, 0.15) is 0 Å². The van der Waals surface area contributed by atoms with Gasteiger partial charge in [-0.05, 0) is 9.76 Å². The summed E-state index contributed by atoms with van der Waals surface area (Å²) in [5.41, 5.74) is 0. The van der Waals surface area contributed by atoms with E-state index >= 15 is 0 Å². The molecule has 0 aromatic heterocycles. The van der Waals surface area contributed by atoms with E-state index in [1.807, 2.05) is 0 Å². The largest absolute Gasteiger partial charge is 0.0698 e. The van der Waals surface area contributed by atoms with Crippen molar-refractivity contribution in [3.8, 4) is 0 Å². The van der Waals surface area contributed by atoms with Crippen LogP contribution in [0.3, 0.4) is 0 Å². The predicted octanol–water partition coefficient (Wildman–Crippen LogP) is -0.914. The van der Waals surface area contributed by atoms with Crippen molar-refractivity contribution in [2.75, 3.05) is 0 Å². The highest BCUT2D eigenvalue weighted by molar-refractivity contribution is 7.40. The maximum atomic E-state index is 2.35. The van der Waals surface area contributed by atoms with Crippen molar-refractivity contribution in [3.63, 3.8) is 0 Å². The topological polar surface area (TPSA) is 0 Å². The third-order valence-electron chi connectivity index (χ3n) is 2.09. The first-order valence-electron chi connectivity index (χ1n) is 4.39. The lowest BCUT2D eigenvalue weighted by Gasteiger charge is -2.06. The van der Waals surface area contributed by atoms with Gasteiger partial charge in [0.15, 0.2) is 0 Å². The van der Waals surface area contributed by atoms with Crippen LogP contribution >= 0.6 is 0 Å². The monoisotopic (exact) mass is 196 g/mol. The van der Waals surface area contributed by atoms with Crippen molar-refractivity contribution in [2.24, 2.45) is 0 Å². The van der Waals surface area contributed by atoms with Gasteiger partial charge in [-0.15, -0.1) is 0 Å². The maximum Gasteiger partial charge on any atom is 0.0420 e. The fourth-order valence-corrected chi connectivity index (χ4v) is 14.2. The summed E-state index contributed by atoms with van der Waals surface area (Å²) in [5.74, 6) is 0. The second-order valence-electron chi connectivity index (χ2n) is 3.10. The molecule has 1 atom stereocenters. The smallest absolute Gasteiger partial charge is 0.0420 e. The van der Waals surface area contributed by atoms with Crippen molar-refractivity contribution in [2.45, 2.75) is 13.0 Å². The van der Waals surface area contributed by atoms with Crippen LogP contribution in [0.15, 0.2) is 30.3 Å². The zero-order chi connectivity index (χ0) is 8.10. The van der Waals surface area contributed by atoms with Gasteiger partial charge < -0.3 is 0 Å². The number of rotatable bonds is 3. The van der Waals surface area contributed by atoms with Crippen LogP contribution in [0.5, 0.6) is 0 Å². The van der Waals surface area contributed by atoms with Crippen LogP contribution < -0.4 is 5.19 Å². The van der Waals surface area contributed by atoms with Crippen molar-refractivity contribution >= 4 is 31.8 Å². The molecule has 1 aromatic carbocycles. The molecule has 0 aliphatic rings. The molecule has 1 unspecified atom stereocenters. The molecule has 0 N–H and O–H groups in total. The number of hydrogen-bond acceptors (Lipinski definition) is 0. The van der Waals surface area contributed by atoms with E-state index in [2.05, 4.69) is 37.3 Å². The van der Waals surface area contributed by atoms with Gasteiger partial charge in [0.05, 0.1) is 0 Å². The van der Waals surface area contributed by atoms with Crippen LogP contribution in [0.4, 0.5) is 0 Å². The highest BCUT2D eigenvalue weighted by Gasteiger charge is 2.03. The molecule has 60 valence electrons. The van der Waals surface area contributed by atoms with Crippen molar-refractivity contribution in [1.82, 2.24) is 0 Å². The summed E-state index contributed by atoms with van der Waals surface area (Å²) in [5, 5.41) is 1.73. The average Bonchev–Trinajstić information content (AvgIpc) is 2.07. The Balaban J connectivity index is 2.61. The molecule has 0 aliphatic carbocycles. The molecule has 1 rings (SSSR count). The van der Waals surface area contributed by atoms with Gasteiger partial charge in [-0.1, -0.05) is 48.5 Å². The summed E-state index contributed by atoms with van der Waals surface area (Å²) in [6, 6.07) is 12.7. The van der Waals surface area contributed by atoms with E-state index in [0.717, 1.165) is 0 Å². The van der Waals surface area contributed by atoms with E-state index in [9.17, 15) is 0 Å². The zero-order valence-corrected chi connectivity index (χ0v) is 11.9. The van der Waals surface area contributed by atoms with Gasteiger partial charge in [0.25, 0.3) is 0 Å². The van der Waals surface area contributed by atoms with Gasteiger partial charge in [-0.3, -0.25) is 0 Å². The molecule has 0 radical (unpaired) electrons. The fourth-order valence-electron chi connectivity index (χ4n) is 1.38. The van der Waals surface area contributed by atoms with E-state index < -0.39 is 0 Å². The lowest BCUT2D eigenvalue weighted by molar-refractivity contribution is 1.47. The van der Waals surface area contributed by atoms with Crippen molar-refractivity contribution in [3.05, 3.63) is 30.3 Å². The second kappa shape index (κ2) is 4.69. The van der Waals surface area contributed by atoms with Crippen LogP contribution in [0.2, 0.25) is 6.04 Å². The Bertz CT molecular complexity index is 198. The lowest BCUT2D eigenvalue weighted by atomic mass is 10.4. The Kier molecular flexibility index (Phi) is 3.82. The quantitative estimate of drug-likeness (QED) is 0.549. The molecule has 3 heteroatoms. The first kappa shape index (κ1) is 8.96. The van der Waals surface area contributed by atoms with Crippen LogP contribution in [0, 0.1) is 0 Å². The molecule has 0 spiro atoms. The predicted molar refractivity (Wildman–Crippen MR) is 62.2 cm³/mol. The third-order valence-corrected chi connectivity index (χ3v) is 18.0. The minimum Gasteiger partial charge on any atom is -0.0698 e. The molecule has 0 amide bonds. The summed E-state index contributed by atoms with van der Waals surface area (Å²) < 4.78 is 0. The number of hydrogen-bond donors (Lipinski definition) is 0. The molecule has 0 bridgehead atoms. The Hall–Kier alpha value is -0.129. The van der Waals surface area contributed by atoms with Crippen LogP contribution in [0.25, 0.3) is 0 Å². The summed E-state index contributed by atoms with van der Waals surface area (Å²) in [4.78, 5) is 0. The van der Waals surface area contributed by atoms with Gasteiger partial charge in [0, 0.05) is 16.9 Å². The fraction of sp³-hybridized carbons (Fsp3) is 0.250. The summed E-state index contributed by atoms with van der Waals surface area (Å²) in [6.45, 7) is 2.35. The molecule has 11 heavy (non-hydrogen) atoms. The molecule has 1 aromatic rings. The van der Waals surface area contributed by atoms with Crippen molar-refractivity contribution in [1.29, 1.82) is 0 Å². The van der Waals surface area contributed by atoms with Crippen molar-refractivity contribution < 1.29 is 0 Å². The molecule has 0 aliphatic heterocycles. The van der Waals surface area contributed by atoms with E-state index in [-0.39, 0.29) is 7.83 Å². The van der Waals surface area contributed by atoms with Gasteiger partial charge in [-0.2, -0.15) is 0 Å². The number of benzene rings is 1. The molecule has 0 saturated carbocycles. The Morgan fingerprint density at radius 1 is 1.36 bits per heavy atom. The highest BCUT2D eigenvalue weighted by Crippen LogP contribution is 1.86. The van der Waals surface area contributed by atoms with E-state index in [4.69, 9.17) is 0 Å². The zero-order valence-electron chi connectivity index (χ0n) is 7.38. The molecular formula is C8H16Si3. The van der Waals surface area contributed by atoms with E-state index in [1.165, 1.54) is 15.8 Å². The van der Waals surface area contributed by atoms with Crippen LogP contribution in [0.1, 0.15) is 6.92 Å². The Morgan fingerprint density at radius 3 is 2.55 bits per heavy atom. The summed E-state index contributed by atoms with van der Waals surface area (Å²) in [6.07, 6.45) is 0. The molecule has 0 fully saturated rings. The Morgan fingerprint density at radius 2 is 2.00 bits per heavy atom. The second-order valence-corrected chi connectivity index (χ2v) is 21.6. The summed E-state index contributed by atoms with van der Waals surface area (Å²) in [7, 11) is 1.55. The third kappa shape index (κ3) is 2.77. The highest BCUT2D eigenvalue weighted by atomic mass is 29.5. The van der Waals surface area contributed by atoms with Gasteiger partial charge in [-0.25, -0.2) is 0 Å². The van der Waals surface area contributed by atoms with Gasteiger partial charge >= 0.3 is 0 Å². The van der Waals surface area contributed by atoms with E-state index in [0.29, 0.717) is 9.04 Å². The normalized spacial score (nSPS) is 14.3. The first-order valence-corrected chi connectivity index (χ1v) is 13.9. The SMILES string of the molecule is CC[SiH2][SiH]([SiH3])c1ccccc1. The van der Waals surface area contributed by atoms with Crippen LogP contribution in [-0.4, -0.2) is 26.6 Å². The molecule has 0 heterocycles. The molecule has 0 nitrogen and oxygen atoms in total. The lowest BCUT2D eigenvalue weighted by Crippen LogP contribution is -2.36. The Labute approximate surface area is 75.5 Å². The minimum atomic E-state index is -0.283. The van der Waals surface area contributed by atoms with Crippen LogP contribution in [-0.2, 0) is 0 Å². The van der Waals surface area contributed by atoms with Gasteiger partial charge in [0.2, 0.25) is 0 Å².